The zero-order chi connectivity index (χ0) is 36.4. The van der Waals surface area contributed by atoms with Crippen LogP contribution in [0.2, 0.25) is 0 Å². The Kier molecular flexibility index (Phi) is 24.6. The van der Waals surface area contributed by atoms with Gasteiger partial charge in [0.2, 0.25) is 17.7 Å². The number of amides is 3. The first kappa shape index (κ1) is 44.6. The standard InChI is InChI=1S/C30H53N3O15/c1-5-30(21-43-18-12-24(34)31(40)15-9-27(37)46-6-2,22-44-19-13-25(35)32(41)16-10-28(38)47-7-3)23-45-20-14-26(36)33(42)17-11-29(39)48-8-4/h40-42H,5-23H2,1-4H3. The molecular formula is C30H53N3O15. The van der Waals surface area contributed by atoms with Gasteiger partial charge in [-0.25, -0.2) is 15.2 Å². The van der Waals surface area contributed by atoms with Gasteiger partial charge >= 0.3 is 17.9 Å². The predicted octanol–water partition coefficient (Wildman–Crippen LogP) is 1.12. The summed E-state index contributed by atoms with van der Waals surface area (Å²) in [4.78, 5) is 71.1. The zero-order valence-corrected chi connectivity index (χ0v) is 28.5. The Bertz CT molecular complexity index is 864. The van der Waals surface area contributed by atoms with E-state index in [9.17, 15) is 44.4 Å². The van der Waals surface area contributed by atoms with Crippen molar-refractivity contribution in [3.8, 4) is 0 Å². The average molecular weight is 696 g/mol. The summed E-state index contributed by atoms with van der Waals surface area (Å²) in [5, 5.41) is 31.0. The van der Waals surface area contributed by atoms with E-state index in [1.54, 1.807) is 20.8 Å². The van der Waals surface area contributed by atoms with Gasteiger partial charge in [-0.15, -0.1) is 0 Å². The Morgan fingerprint density at radius 3 is 0.979 bits per heavy atom. The maximum atomic E-state index is 12.2. The largest absolute Gasteiger partial charge is 0.466 e. The molecule has 48 heavy (non-hydrogen) atoms. The summed E-state index contributed by atoms with van der Waals surface area (Å²) in [5.41, 5.74) is -0.816. The van der Waals surface area contributed by atoms with Gasteiger partial charge in [0.05, 0.1) is 118 Å². The number of hydrogen-bond donors (Lipinski definition) is 3. The number of hydrogen-bond acceptors (Lipinski definition) is 15. The maximum absolute atomic E-state index is 12.2. The van der Waals surface area contributed by atoms with Crippen LogP contribution in [0.25, 0.3) is 0 Å². The fraction of sp³-hybridized carbons (Fsp3) is 0.800. The van der Waals surface area contributed by atoms with E-state index in [4.69, 9.17) is 28.4 Å². The van der Waals surface area contributed by atoms with Gasteiger partial charge < -0.3 is 28.4 Å². The Hall–Kier alpha value is -3.42. The molecule has 0 aromatic heterocycles. The molecule has 0 aliphatic heterocycles. The second-order valence-electron chi connectivity index (χ2n) is 10.5. The number of hydroxylamine groups is 6. The van der Waals surface area contributed by atoms with E-state index in [0.29, 0.717) is 21.6 Å². The molecule has 0 spiro atoms. The van der Waals surface area contributed by atoms with Crippen molar-refractivity contribution in [2.75, 3.05) is 79.1 Å². The van der Waals surface area contributed by atoms with Crippen LogP contribution in [0.4, 0.5) is 0 Å². The minimum absolute atomic E-state index is 0.0181. The number of carbonyl (C=O) groups excluding carboxylic acids is 6. The molecule has 0 bridgehead atoms. The molecule has 3 N–H and O–H groups in total. The smallest absolute Gasteiger partial charge is 0.307 e. The molecule has 0 heterocycles. The van der Waals surface area contributed by atoms with Gasteiger partial charge in [-0.1, -0.05) is 6.92 Å². The van der Waals surface area contributed by atoms with Crippen molar-refractivity contribution in [3.05, 3.63) is 0 Å². The SMILES string of the molecule is CCOC(=O)CCN(O)C(=O)CCOCC(CC)(COCCC(=O)N(O)CCC(=O)OCC)COCCC(=O)N(O)CCC(=O)OCC. The lowest BCUT2D eigenvalue weighted by molar-refractivity contribution is -0.169. The molecule has 0 saturated heterocycles. The highest BCUT2D eigenvalue weighted by molar-refractivity contribution is 5.77. The molecule has 0 aliphatic rings. The summed E-state index contributed by atoms with van der Waals surface area (Å²) in [6, 6.07) is 0. The second kappa shape index (κ2) is 26.5. The molecular weight excluding hydrogens is 642 g/mol. The lowest BCUT2D eigenvalue weighted by Gasteiger charge is -2.32. The molecule has 0 saturated carbocycles. The van der Waals surface area contributed by atoms with Crippen LogP contribution in [0.5, 0.6) is 0 Å². The van der Waals surface area contributed by atoms with Crippen molar-refractivity contribution in [2.45, 2.75) is 72.6 Å². The fourth-order valence-corrected chi connectivity index (χ4v) is 3.83. The molecule has 0 aromatic carbocycles. The van der Waals surface area contributed by atoms with E-state index in [0.717, 1.165) is 0 Å². The van der Waals surface area contributed by atoms with Crippen molar-refractivity contribution in [1.82, 2.24) is 15.2 Å². The number of nitrogens with zero attached hydrogens (tertiary/aromatic N) is 3. The summed E-state index contributed by atoms with van der Waals surface area (Å²) >= 11 is 0. The van der Waals surface area contributed by atoms with E-state index in [1.807, 2.05) is 6.92 Å². The third kappa shape index (κ3) is 20.7. The fourth-order valence-electron chi connectivity index (χ4n) is 3.83. The highest BCUT2D eigenvalue weighted by atomic mass is 16.6. The van der Waals surface area contributed by atoms with Crippen LogP contribution in [0.15, 0.2) is 0 Å². The molecule has 0 aromatic rings. The van der Waals surface area contributed by atoms with Crippen LogP contribution in [0.1, 0.15) is 72.6 Å². The van der Waals surface area contributed by atoms with Crippen LogP contribution >= 0.6 is 0 Å². The minimum atomic E-state index is -0.816. The summed E-state index contributed by atoms with van der Waals surface area (Å²) in [6.07, 6.45) is -0.663. The third-order valence-corrected chi connectivity index (χ3v) is 6.72. The molecule has 0 aliphatic carbocycles. The Morgan fingerprint density at radius 2 is 0.750 bits per heavy atom. The Morgan fingerprint density at radius 1 is 0.479 bits per heavy atom. The van der Waals surface area contributed by atoms with Crippen molar-refractivity contribution in [1.29, 1.82) is 0 Å². The van der Waals surface area contributed by atoms with Gasteiger partial charge in [0, 0.05) is 5.41 Å². The number of esters is 3. The van der Waals surface area contributed by atoms with Crippen molar-refractivity contribution >= 4 is 35.6 Å². The van der Waals surface area contributed by atoms with Crippen LogP contribution in [0, 0.1) is 5.41 Å². The third-order valence-electron chi connectivity index (χ3n) is 6.72. The first-order valence-corrected chi connectivity index (χ1v) is 16.0. The van der Waals surface area contributed by atoms with Crippen LogP contribution in [0.3, 0.4) is 0 Å². The average Bonchev–Trinajstić information content (AvgIpc) is 3.06. The Labute approximate surface area is 280 Å². The molecule has 18 heteroatoms. The Balaban J connectivity index is 5.04. The van der Waals surface area contributed by atoms with Crippen molar-refractivity contribution in [3.63, 3.8) is 0 Å². The maximum Gasteiger partial charge on any atom is 0.307 e. The topological polar surface area (TPSA) is 228 Å². The van der Waals surface area contributed by atoms with Gasteiger partial charge in [-0.05, 0) is 27.2 Å². The van der Waals surface area contributed by atoms with Crippen molar-refractivity contribution < 1.29 is 72.8 Å². The van der Waals surface area contributed by atoms with Gasteiger partial charge in [-0.2, -0.15) is 0 Å². The van der Waals surface area contributed by atoms with E-state index in [1.165, 1.54) is 0 Å². The molecule has 0 atom stereocenters. The number of rotatable bonds is 28. The summed E-state index contributed by atoms with van der Waals surface area (Å²) in [6.45, 7) is 6.36. The van der Waals surface area contributed by atoms with Gasteiger partial charge in [0.1, 0.15) is 0 Å². The molecule has 0 fully saturated rings. The highest BCUT2D eigenvalue weighted by Gasteiger charge is 2.30. The highest BCUT2D eigenvalue weighted by Crippen LogP contribution is 2.24. The molecule has 0 radical (unpaired) electrons. The molecule has 278 valence electrons. The minimum Gasteiger partial charge on any atom is -0.466 e. The van der Waals surface area contributed by atoms with E-state index >= 15 is 0 Å². The summed E-state index contributed by atoms with van der Waals surface area (Å²) < 4.78 is 31.5. The van der Waals surface area contributed by atoms with Gasteiger partial charge in [0.25, 0.3) is 0 Å². The van der Waals surface area contributed by atoms with Gasteiger partial charge in [0.15, 0.2) is 0 Å². The number of carbonyl (C=O) groups is 6. The second-order valence-corrected chi connectivity index (χ2v) is 10.5. The van der Waals surface area contributed by atoms with E-state index in [-0.39, 0.29) is 118 Å². The first-order chi connectivity index (χ1) is 22.8. The first-order valence-electron chi connectivity index (χ1n) is 16.0. The van der Waals surface area contributed by atoms with Crippen LogP contribution < -0.4 is 0 Å². The monoisotopic (exact) mass is 695 g/mol. The zero-order valence-electron chi connectivity index (χ0n) is 28.5. The molecule has 0 rings (SSSR count). The lowest BCUT2D eigenvalue weighted by atomic mass is 9.88. The van der Waals surface area contributed by atoms with Crippen molar-refractivity contribution in [2.24, 2.45) is 5.41 Å². The predicted molar refractivity (Wildman–Crippen MR) is 163 cm³/mol. The summed E-state index contributed by atoms with van der Waals surface area (Å²) in [5.74, 6) is -3.66. The van der Waals surface area contributed by atoms with Crippen LogP contribution in [-0.4, -0.2) is 146 Å². The van der Waals surface area contributed by atoms with E-state index in [2.05, 4.69) is 0 Å². The molecule has 0 unspecified atom stereocenters. The molecule has 3 amide bonds. The quantitative estimate of drug-likeness (QED) is 0.0342. The van der Waals surface area contributed by atoms with Gasteiger partial charge in [-0.3, -0.25) is 44.4 Å². The lowest BCUT2D eigenvalue weighted by Crippen LogP contribution is -2.38. The molecule has 18 nitrogen and oxygen atoms in total. The van der Waals surface area contributed by atoms with E-state index < -0.39 is 41.0 Å². The number of ether oxygens (including phenoxy) is 6. The normalized spacial score (nSPS) is 11.1. The summed E-state index contributed by atoms with van der Waals surface area (Å²) in [7, 11) is 0. The van der Waals surface area contributed by atoms with Crippen LogP contribution in [-0.2, 0) is 57.2 Å².